The highest BCUT2D eigenvalue weighted by atomic mass is 19.4. The highest BCUT2D eigenvalue weighted by Gasteiger charge is 2.38. The lowest BCUT2D eigenvalue weighted by molar-refractivity contribution is -0.192. The molecule has 0 aromatic heterocycles. The minimum Gasteiger partial charge on any atom is -0.492 e. The van der Waals surface area contributed by atoms with Gasteiger partial charge in [-0.25, -0.2) is 4.79 Å². The number of likely N-dealkylation sites (N-methyl/N-ethyl adjacent to an activating group) is 1. The first kappa shape index (κ1) is 25.9. The molecule has 0 spiro atoms. The number of benzene rings is 2. The average Bonchev–Trinajstić information content (AvgIpc) is 2.73. The van der Waals surface area contributed by atoms with Gasteiger partial charge in [0, 0.05) is 23.7 Å². The minimum atomic E-state index is -5.08. The molecule has 0 fully saturated rings. The monoisotopic (exact) mass is 454 g/mol. The summed E-state index contributed by atoms with van der Waals surface area (Å²) in [6, 6.07) is 13.1. The Kier molecular flexibility index (Phi) is 9.20. The number of aliphatic carboxylic acids is 1. The fourth-order valence-corrected chi connectivity index (χ4v) is 2.15. The van der Waals surface area contributed by atoms with E-state index < -0.39 is 18.1 Å². The summed E-state index contributed by atoms with van der Waals surface area (Å²) in [5, 5.41) is 14.5. The average molecular weight is 454 g/mol. The number of nitrogens with one attached hydrogen (secondary N) is 1. The van der Waals surface area contributed by atoms with Crippen LogP contribution in [0.4, 0.5) is 13.2 Å². The van der Waals surface area contributed by atoms with Crippen LogP contribution >= 0.6 is 0 Å². The maximum absolute atomic E-state index is 12.3. The van der Waals surface area contributed by atoms with Crippen molar-refractivity contribution in [1.82, 2.24) is 4.90 Å². The van der Waals surface area contributed by atoms with Crippen molar-refractivity contribution in [3.05, 3.63) is 65.2 Å². The molecule has 32 heavy (non-hydrogen) atoms. The van der Waals surface area contributed by atoms with Crippen molar-refractivity contribution in [3.8, 4) is 5.75 Å². The minimum absolute atomic E-state index is 0.0304. The number of carbonyl (C=O) groups excluding carboxylic acids is 2. The second-order valence-electron chi connectivity index (χ2n) is 6.26. The molecule has 2 rings (SSSR count). The Morgan fingerprint density at radius 1 is 1.03 bits per heavy atom. The van der Waals surface area contributed by atoms with Crippen molar-refractivity contribution < 1.29 is 37.4 Å². The van der Waals surface area contributed by atoms with Gasteiger partial charge in [-0.3, -0.25) is 15.0 Å². The predicted molar refractivity (Wildman–Crippen MR) is 109 cm³/mol. The highest BCUT2D eigenvalue weighted by molar-refractivity contribution is 5.97. The molecular formula is C20H21F3N4O5. The first-order valence-electron chi connectivity index (χ1n) is 8.85. The summed E-state index contributed by atoms with van der Waals surface area (Å²) >= 11 is 0. The fourth-order valence-electron chi connectivity index (χ4n) is 2.15. The zero-order chi connectivity index (χ0) is 24.5. The van der Waals surface area contributed by atoms with E-state index in [4.69, 9.17) is 31.5 Å². The maximum Gasteiger partial charge on any atom is 0.490 e. The number of carboxylic acids is 1. The van der Waals surface area contributed by atoms with Crippen LogP contribution in [-0.4, -0.2) is 60.0 Å². The van der Waals surface area contributed by atoms with Gasteiger partial charge in [-0.2, -0.15) is 13.2 Å². The van der Waals surface area contributed by atoms with Gasteiger partial charge in [0.15, 0.2) is 0 Å². The van der Waals surface area contributed by atoms with Crippen LogP contribution in [0.2, 0.25) is 0 Å². The van der Waals surface area contributed by atoms with Crippen molar-refractivity contribution in [2.75, 3.05) is 20.2 Å². The lowest BCUT2D eigenvalue weighted by Gasteiger charge is -2.18. The molecule has 0 saturated heterocycles. The Bertz CT molecular complexity index is 978. The quantitative estimate of drug-likeness (QED) is 0.369. The summed E-state index contributed by atoms with van der Waals surface area (Å²) in [7, 11) is 1.67. The van der Waals surface area contributed by atoms with Crippen LogP contribution in [0.5, 0.6) is 5.75 Å². The van der Waals surface area contributed by atoms with Gasteiger partial charge in [0.25, 0.3) is 5.91 Å². The summed E-state index contributed by atoms with van der Waals surface area (Å²) < 4.78 is 37.3. The van der Waals surface area contributed by atoms with E-state index in [2.05, 4.69) is 0 Å². The number of nitrogen functional groups attached to an aromatic ring is 1. The Morgan fingerprint density at radius 3 is 2.03 bits per heavy atom. The molecule has 12 heteroatoms. The van der Waals surface area contributed by atoms with Gasteiger partial charge in [0.2, 0.25) is 5.91 Å². The standard InChI is InChI=1S/C18H20N4O3.C2HF3O2/c1-22(18(24)13-7-5-12(6-8-13)17(21)23)9-10-25-15-4-2-3-14(11-15)16(19)20;3-2(4,5)1(6)7/h2-8,11H,9-10H2,1H3,(H3,19,20)(H2,21,23);(H,6,7). The van der Waals surface area contributed by atoms with Gasteiger partial charge in [0.1, 0.15) is 18.2 Å². The van der Waals surface area contributed by atoms with Crippen molar-refractivity contribution in [2.45, 2.75) is 6.18 Å². The molecule has 6 N–H and O–H groups in total. The van der Waals surface area contributed by atoms with Crippen LogP contribution in [0.25, 0.3) is 0 Å². The summed E-state index contributed by atoms with van der Waals surface area (Å²) in [6.45, 7) is 0.670. The number of alkyl halides is 3. The van der Waals surface area contributed by atoms with Crippen LogP contribution in [0.15, 0.2) is 48.5 Å². The molecular weight excluding hydrogens is 433 g/mol. The first-order valence-corrected chi connectivity index (χ1v) is 8.85. The number of hydrogen-bond acceptors (Lipinski definition) is 5. The molecule has 9 nitrogen and oxygen atoms in total. The molecule has 2 aromatic carbocycles. The number of carbonyl (C=O) groups is 3. The SMILES string of the molecule is CN(CCOc1cccc(C(=N)N)c1)C(=O)c1ccc(C(N)=O)cc1.O=C(O)C(F)(F)F. The maximum atomic E-state index is 12.3. The molecule has 0 aliphatic rings. The molecule has 0 bridgehead atoms. The Labute approximate surface area is 180 Å². The molecule has 0 aliphatic heterocycles. The summed E-state index contributed by atoms with van der Waals surface area (Å²) in [4.78, 5) is 33.8. The lowest BCUT2D eigenvalue weighted by atomic mass is 10.1. The number of amidine groups is 1. The van der Waals surface area contributed by atoms with Crippen LogP contribution < -0.4 is 16.2 Å². The number of primary amides is 1. The highest BCUT2D eigenvalue weighted by Crippen LogP contribution is 2.14. The Hall–Kier alpha value is -4.09. The van der Waals surface area contributed by atoms with E-state index in [1.807, 2.05) is 0 Å². The largest absolute Gasteiger partial charge is 0.492 e. The third-order valence-electron chi connectivity index (χ3n) is 3.85. The molecule has 0 saturated carbocycles. The molecule has 172 valence electrons. The summed E-state index contributed by atoms with van der Waals surface area (Å²) in [5.74, 6) is -2.92. The van der Waals surface area contributed by atoms with Gasteiger partial charge in [-0.15, -0.1) is 0 Å². The van der Waals surface area contributed by atoms with E-state index in [0.29, 0.717) is 35.6 Å². The Balaban J connectivity index is 0.000000633. The normalized spacial score (nSPS) is 10.4. The van der Waals surface area contributed by atoms with Crippen LogP contribution in [0.1, 0.15) is 26.3 Å². The summed E-state index contributed by atoms with van der Waals surface area (Å²) in [5.41, 5.74) is 12.0. The molecule has 0 radical (unpaired) electrons. The number of ether oxygens (including phenoxy) is 1. The number of rotatable bonds is 7. The number of hydrogen-bond donors (Lipinski definition) is 4. The predicted octanol–water partition coefficient (Wildman–Crippen LogP) is 1.85. The second kappa shape index (κ2) is 11.3. The zero-order valence-electron chi connectivity index (χ0n) is 16.8. The number of nitrogens with zero attached hydrogens (tertiary/aromatic N) is 1. The van der Waals surface area contributed by atoms with Crippen LogP contribution in [-0.2, 0) is 4.79 Å². The first-order chi connectivity index (χ1) is 14.8. The Morgan fingerprint density at radius 2 is 1.56 bits per heavy atom. The molecule has 0 heterocycles. The van der Waals surface area contributed by atoms with E-state index in [9.17, 15) is 22.8 Å². The third kappa shape index (κ3) is 8.34. The van der Waals surface area contributed by atoms with Crippen LogP contribution in [0, 0.1) is 5.41 Å². The van der Waals surface area contributed by atoms with E-state index in [-0.39, 0.29) is 11.7 Å². The third-order valence-corrected chi connectivity index (χ3v) is 3.85. The van der Waals surface area contributed by atoms with Gasteiger partial charge >= 0.3 is 12.1 Å². The lowest BCUT2D eigenvalue weighted by Crippen LogP contribution is -2.31. The van der Waals surface area contributed by atoms with Gasteiger partial charge in [-0.1, -0.05) is 12.1 Å². The van der Waals surface area contributed by atoms with Gasteiger partial charge in [0.05, 0.1) is 6.54 Å². The van der Waals surface area contributed by atoms with Crippen molar-refractivity contribution in [3.63, 3.8) is 0 Å². The molecule has 2 amide bonds. The van der Waals surface area contributed by atoms with E-state index in [1.54, 1.807) is 43.4 Å². The van der Waals surface area contributed by atoms with Crippen molar-refractivity contribution in [2.24, 2.45) is 11.5 Å². The molecule has 0 aliphatic carbocycles. The fraction of sp³-hybridized carbons (Fsp3) is 0.200. The molecule has 0 atom stereocenters. The summed E-state index contributed by atoms with van der Waals surface area (Å²) in [6.07, 6.45) is -5.08. The van der Waals surface area contributed by atoms with Gasteiger partial charge in [-0.05, 0) is 36.4 Å². The zero-order valence-corrected chi connectivity index (χ0v) is 16.8. The molecule has 0 unspecified atom stereocenters. The van der Waals surface area contributed by atoms with Gasteiger partial charge < -0.3 is 26.2 Å². The number of nitrogens with two attached hydrogens (primary N) is 2. The number of amides is 2. The number of halogens is 3. The van der Waals surface area contributed by atoms with Crippen molar-refractivity contribution >= 4 is 23.6 Å². The smallest absolute Gasteiger partial charge is 0.490 e. The topological polar surface area (TPSA) is 160 Å². The number of carboxylic acid groups (broad SMARTS) is 1. The van der Waals surface area contributed by atoms with Crippen molar-refractivity contribution in [1.29, 1.82) is 5.41 Å². The molecule has 2 aromatic rings. The van der Waals surface area contributed by atoms with E-state index >= 15 is 0 Å². The second-order valence-corrected chi connectivity index (χ2v) is 6.26. The van der Waals surface area contributed by atoms with Crippen LogP contribution in [0.3, 0.4) is 0 Å². The van der Waals surface area contributed by atoms with E-state index in [1.165, 1.54) is 17.0 Å². The van der Waals surface area contributed by atoms with E-state index in [0.717, 1.165) is 0 Å².